The van der Waals surface area contributed by atoms with Crippen LogP contribution in [0.1, 0.15) is 60.8 Å². The molecule has 1 aliphatic heterocycles. The van der Waals surface area contributed by atoms with Gasteiger partial charge in [-0.05, 0) is 33.6 Å². The maximum atomic E-state index is 12.2. The van der Waals surface area contributed by atoms with Gasteiger partial charge in [-0.15, -0.1) is 0 Å². The third kappa shape index (κ3) is 8.23. The molecule has 25 heavy (non-hydrogen) atoms. The molecule has 144 valence electrons. The van der Waals surface area contributed by atoms with Crippen molar-refractivity contribution in [3.8, 4) is 0 Å². The van der Waals surface area contributed by atoms with Crippen LogP contribution in [0.2, 0.25) is 0 Å². The van der Waals surface area contributed by atoms with E-state index in [0.717, 1.165) is 12.8 Å². The number of nitrogens with zero attached hydrogens (tertiary/aromatic N) is 1. The Morgan fingerprint density at radius 1 is 1.04 bits per heavy atom. The van der Waals surface area contributed by atoms with Crippen molar-refractivity contribution < 1.29 is 19.1 Å². The summed E-state index contributed by atoms with van der Waals surface area (Å²) in [6.07, 6.45) is 1.20. The zero-order chi connectivity index (χ0) is 19.3. The fourth-order valence-corrected chi connectivity index (χ4v) is 2.59. The lowest BCUT2D eigenvalue weighted by Crippen LogP contribution is -2.49. The van der Waals surface area contributed by atoms with E-state index in [4.69, 9.17) is 4.74 Å². The van der Waals surface area contributed by atoms with Gasteiger partial charge in [-0.25, -0.2) is 4.79 Å². The van der Waals surface area contributed by atoms with Crippen molar-refractivity contribution >= 4 is 17.9 Å². The molecule has 2 N–H and O–H groups in total. The fraction of sp³-hybridized carbons (Fsp3) is 0.833. The van der Waals surface area contributed by atoms with E-state index in [-0.39, 0.29) is 36.2 Å². The molecule has 0 aromatic carbocycles. The first kappa shape index (κ1) is 21.3. The van der Waals surface area contributed by atoms with Crippen molar-refractivity contribution in [3.05, 3.63) is 0 Å². The Hall–Kier alpha value is -1.79. The van der Waals surface area contributed by atoms with Gasteiger partial charge < -0.3 is 20.3 Å². The summed E-state index contributed by atoms with van der Waals surface area (Å²) in [5.41, 5.74) is -0.922. The number of hydrogen-bond acceptors (Lipinski definition) is 4. The number of ether oxygens (including phenoxy) is 1. The van der Waals surface area contributed by atoms with Gasteiger partial charge >= 0.3 is 6.09 Å². The number of hydrogen-bond donors (Lipinski definition) is 2. The van der Waals surface area contributed by atoms with Crippen LogP contribution in [-0.2, 0) is 14.3 Å². The molecule has 0 atom stereocenters. The summed E-state index contributed by atoms with van der Waals surface area (Å²) < 4.78 is 5.11. The van der Waals surface area contributed by atoms with Crippen LogP contribution in [0.3, 0.4) is 0 Å². The minimum Gasteiger partial charge on any atom is -0.444 e. The van der Waals surface area contributed by atoms with Gasteiger partial charge in [0.1, 0.15) is 5.60 Å². The number of alkyl carbamates (subject to hydrolysis) is 1. The largest absolute Gasteiger partial charge is 0.444 e. The summed E-state index contributed by atoms with van der Waals surface area (Å²) in [4.78, 5) is 37.6. The van der Waals surface area contributed by atoms with E-state index >= 15 is 0 Å². The Balaban J connectivity index is 2.25. The molecule has 7 heteroatoms. The molecule has 0 saturated carbocycles. The van der Waals surface area contributed by atoms with Crippen LogP contribution in [-0.4, -0.2) is 54.1 Å². The number of likely N-dealkylation sites (tertiary alicyclic amines) is 1. The number of rotatable bonds is 4. The normalized spacial score (nSPS) is 16.3. The van der Waals surface area contributed by atoms with Crippen LogP contribution in [0, 0.1) is 5.41 Å². The van der Waals surface area contributed by atoms with Crippen LogP contribution in [0.25, 0.3) is 0 Å². The molecule has 0 aliphatic carbocycles. The minimum absolute atomic E-state index is 0.0815. The van der Waals surface area contributed by atoms with Gasteiger partial charge in [0.25, 0.3) is 0 Å². The Morgan fingerprint density at radius 2 is 1.60 bits per heavy atom. The van der Waals surface area contributed by atoms with E-state index in [9.17, 15) is 14.4 Å². The average molecular weight is 355 g/mol. The second-order valence-electron chi connectivity index (χ2n) is 8.56. The molecule has 7 nitrogen and oxygen atoms in total. The quantitative estimate of drug-likeness (QED) is 0.808. The molecule has 0 bridgehead atoms. The number of piperidine rings is 1. The minimum atomic E-state index is -0.551. The highest BCUT2D eigenvalue weighted by molar-refractivity contribution is 5.81. The first-order chi connectivity index (χ1) is 11.4. The van der Waals surface area contributed by atoms with Gasteiger partial charge in [-0.3, -0.25) is 9.59 Å². The molecule has 0 spiro atoms. The van der Waals surface area contributed by atoms with Crippen LogP contribution in [0.5, 0.6) is 0 Å². The van der Waals surface area contributed by atoms with Gasteiger partial charge in [0.2, 0.25) is 11.8 Å². The lowest BCUT2D eigenvalue weighted by molar-refractivity contribution is -0.140. The molecule has 1 heterocycles. The van der Waals surface area contributed by atoms with Crippen molar-refractivity contribution in [1.82, 2.24) is 15.5 Å². The molecule has 1 aliphatic rings. The lowest BCUT2D eigenvalue weighted by Gasteiger charge is -2.36. The van der Waals surface area contributed by atoms with Gasteiger partial charge in [0.15, 0.2) is 0 Å². The standard InChI is InChI=1S/C18H33N3O4/c1-17(2,3)15(23)21-11-8-13(9-12-21)20-14(22)7-10-19-16(24)25-18(4,5)6/h13H,7-12H2,1-6H3,(H,19,24)(H,20,22). The summed E-state index contributed by atoms with van der Waals surface area (Å²) in [6, 6.07) is 0.0815. The molecule has 1 rings (SSSR count). The third-order valence-electron chi connectivity index (χ3n) is 3.81. The monoisotopic (exact) mass is 355 g/mol. The van der Waals surface area contributed by atoms with E-state index < -0.39 is 11.7 Å². The van der Waals surface area contributed by atoms with Gasteiger partial charge in [0, 0.05) is 37.5 Å². The molecule has 0 aromatic rings. The third-order valence-corrected chi connectivity index (χ3v) is 3.81. The molecular weight excluding hydrogens is 322 g/mol. The maximum Gasteiger partial charge on any atom is 0.407 e. The van der Waals surface area contributed by atoms with E-state index in [1.165, 1.54) is 0 Å². The first-order valence-corrected chi connectivity index (χ1v) is 8.94. The molecule has 3 amide bonds. The predicted molar refractivity (Wildman–Crippen MR) is 96.1 cm³/mol. The SMILES string of the molecule is CC(C)(C)OC(=O)NCCC(=O)NC1CCN(C(=O)C(C)(C)C)CC1. The highest BCUT2D eigenvalue weighted by Gasteiger charge is 2.30. The summed E-state index contributed by atoms with van der Waals surface area (Å²) in [7, 11) is 0. The summed E-state index contributed by atoms with van der Waals surface area (Å²) in [6.45, 7) is 12.7. The lowest BCUT2D eigenvalue weighted by atomic mass is 9.93. The van der Waals surface area contributed by atoms with E-state index in [2.05, 4.69) is 10.6 Å². The molecule has 1 saturated heterocycles. The van der Waals surface area contributed by atoms with Gasteiger partial charge in [-0.2, -0.15) is 0 Å². The van der Waals surface area contributed by atoms with Crippen LogP contribution in [0.15, 0.2) is 0 Å². The highest BCUT2D eigenvalue weighted by Crippen LogP contribution is 2.21. The number of amides is 3. The smallest absolute Gasteiger partial charge is 0.407 e. The summed E-state index contributed by atoms with van der Waals surface area (Å²) in [5.74, 6) is 0.0514. The molecule has 0 radical (unpaired) electrons. The van der Waals surface area contributed by atoms with Crippen molar-refractivity contribution in [2.24, 2.45) is 5.41 Å². The Morgan fingerprint density at radius 3 is 2.08 bits per heavy atom. The highest BCUT2D eigenvalue weighted by atomic mass is 16.6. The van der Waals surface area contributed by atoms with Crippen molar-refractivity contribution in [3.63, 3.8) is 0 Å². The Bertz CT molecular complexity index is 484. The molecule has 0 unspecified atom stereocenters. The van der Waals surface area contributed by atoms with Crippen LogP contribution >= 0.6 is 0 Å². The van der Waals surface area contributed by atoms with Crippen LogP contribution < -0.4 is 10.6 Å². The van der Waals surface area contributed by atoms with Gasteiger partial charge in [0.05, 0.1) is 0 Å². The van der Waals surface area contributed by atoms with Crippen molar-refractivity contribution in [1.29, 1.82) is 0 Å². The van der Waals surface area contributed by atoms with E-state index in [1.807, 2.05) is 25.7 Å². The Labute approximate surface area is 150 Å². The average Bonchev–Trinajstić information content (AvgIpc) is 2.44. The number of nitrogens with one attached hydrogen (secondary N) is 2. The topological polar surface area (TPSA) is 87.7 Å². The zero-order valence-corrected chi connectivity index (χ0v) is 16.4. The zero-order valence-electron chi connectivity index (χ0n) is 16.4. The number of carbonyl (C=O) groups is 3. The second-order valence-corrected chi connectivity index (χ2v) is 8.56. The van der Waals surface area contributed by atoms with Crippen molar-refractivity contribution in [2.75, 3.05) is 19.6 Å². The summed E-state index contributed by atoms with van der Waals surface area (Å²) >= 11 is 0. The summed E-state index contributed by atoms with van der Waals surface area (Å²) in [5, 5.41) is 5.54. The Kier molecular flexibility index (Phi) is 7.26. The van der Waals surface area contributed by atoms with Crippen LogP contribution in [0.4, 0.5) is 4.79 Å². The van der Waals surface area contributed by atoms with Crippen molar-refractivity contribution in [2.45, 2.75) is 72.4 Å². The molecule has 1 fully saturated rings. The van der Waals surface area contributed by atoms with E-state index in [0.29, 0.717) is 13.1 Å². The maximum absolute atomic E-state index is 12.2. The number of carbonyl (C=O) groups excluding carboxylic acids is 3. The first-order valence-electron chi connectivity index (χ1n) is 8.94. The fourth-order valence-electron chi connectivity index (χ4n) is 2.59. The van der Waals surface area contributed by atoms with Gasteiger partial charge in [-0.1, -0.05) is 20.8 Å². The molecular formula is C18H33N3O4. The molecule has 0 aromatic heterocycles. The second kappa shape index (κ2) is 8.54. The predicted octanol–water partition coefficient (Wildman–Crippen LogP) is 2.05. The van der Waals surface area contributed by atoms with E-state index in [1.54, 1.807) is 20.8 Å².